The van der Waals surface area contributed by atoms with Gasteiger partial charge in [-0.05, 0) is 250 Å². The fraction of sp³-hybridized carbons (Fsp3) is 0. The lowest BCUT2D eigenvalue weighted by molar-refractivity contribution is 1.32. The first-order valence-corrected chi connectivity index (χ1v) is 45.5. The molecule has 16 aromatic carbocycles. The quantitative estimate of drug-likeness (QED) is 0.0884. The van der Waals surface area contributed by atoms with Gasteiger partial charge in [-0.3, -0.25) is 59.8 Å². The van der Waals surface area contributed by atoms with E-state index in [1.165, 1.54) is 196 Å². The van der Waals surface area contributed by atoms with E-state index >= 15 is 0 Å². The molecule has 0 aliphatic heterocycles. The van der Waals surface area contributed by atoms with Gasteiger partial charge < -0.3 is 0 Å². The monoisotopic (exact) mass is 1760 g/mol. The molecule has 0 saturated heterocycles. The van der Waals surface area contributed by atoms with Crippen LogP contribution >= 0.6 is 0 Å². The standard InChI is InChI=1S/C28H16N2.C24H12N2.C24H16N2.C20H14N2.C16H12N2.C14H8N2/c1-2-6-24-23(5-1)27(11-9-21-13-17-29-18-14-21)25-7-3-4-8-26(25)28(24)12-10-22-15-19-30-20-16-22;1-5-17-18-6-3-15-11-26-12-16-4-8-20(24(18)22(15)16)19-7-2-14-10-25-9-13(1)21(14)23(17)19;1-2-6-20-19(5-1)23(17-9-13-25-14-10-17)21-7-3-4-8-22(21)24(20)18-11-15-26-16-12-18;1-2-4-20-18(16-9-13-22-14-10-16)6-5-17(19(20)3-1)15-7-11-21-12-8-15;1-2-14(16-7-11-18-12-8-16)4-3-13(1)15-5-9-17-10-6-15;1-2-10-6-16-8-12-4-3-11-7-15-5-9(1)13(11)14(10)12/h1-8,13-20H;1-12H;1-16H;1-14H;1-12H;1-8H. The Hall–Kier alpha value is -19.1. The molecule has 0 spiro atoms. The highest BCUT2D eigenvalue weighted by Crippen LogP contribution is 2.48. The summed E-state index contributed by atoms with van der Waals surface area (Å²) in [6.07, 6.45) is 44.6. The van der Waals surface area contributed by atoms with Crippen molar-refractivity contribution in [2.45, 2.75) is 0 Å². The average Bonchev–Trinajstić information content (AvgIpc) is 0.698. The molecule has 138 heavy (non-hydrogen) atoms. The van der Waals surface area contributed by atoms with Crippen LogP contribution in [0.1, 0.15) is 22.3 Å². The van der Waals surface area contributed by atoms with Gasteiger partial charge in [0, 0.05) is 236 Å². The van der Waals surface area contributed by atoms with E-state index in [0.717, 1.165) is 43.8 Å². The van der Waals surface area contributed by atoms with Gasteiger partial charge in [0.2, 0.25) is 0 Å². The number of benzene rings is 16. The first-order valence-electron chi connectivity index (χ1n) is 45.5. The molecule has 0 atom stereocenters. The summed E-state index contributed by atoms with van der Waals surface area (Å²) >= 11 is 0. The zero-order valence-electron chi connectivity index (χ0n) is 74.4. The zero-order valence-corrected chi connectivity index (χ0v) is 74.4. The molecular weight excluding hydrogens is 1680 g/mol. The van der Waals surface area contributed by atoms with Gasteiger partial charge >= 0.3 is 0 Å². The second-order valence-corrected chi connectivity index (χ2v) is 33.5. The third-order valence-electron chi connectivity index (χ3n) is 25.7. The third-order valence-corrected chi connectivity index (χ3v) is 25.7. The van der Waals surface area contributed by atoms with Crippen molar-refractivity contribution in [2.75, 3.05) is 0 Å². The maximum Gasteiger partial charge on any atom is 0.0406 e. The van der Waals surface area contributed by atoms with E-state index in [4.69, 9.17) is 0 Å². The van der Waals surface area contributed by atoms with Crippen LogP contribution in [0.4, 0.5) is 0 Å². The molecular formula is C126H78N12. The first-order chi connectivity index (χ1) is 68.5. The first kappa shape index (κ1) is 83.2. The predicted molar refractivity (Wildman–Crippen MR) is 568 cm³/mol. The largest absolute Gasteiger partial charge is 0.265 e. The summed E-state index contributed by atoms with van der Waals surface area (Å²) in [6, 6.07) is 114. The molecule has 28 rings (SSSR count). The van der Waals surface area contributed by atoms with Gasteiger partial charge in [0.05, 0.1) is 0 Å². The Morgan fingerprint density at radius 1 is 0.130 bits per heavy atom. The molecule has 0 aliphatic rings. The van der Waals surface area contributed by atoms with Crippen molar-refractivity contribution in [1.29, 1.82) is 0 Å². The molecule has 0 saturated carbocycles. The van der Waals surface area contributed by atoms with Crippen molar-refractivity contribution in [3.05, 3.63) is 499 Å². The summed E-state index contributed by atoms with van der Waals surface area (Å²) < 4.78 is 0. The lowest BCUT2D eigenvalue weighted by Gasteiger charge is -2.17. The van der Waals surface area contributed by atoms with E-state index in [2.05, 4.69) is 338 Å². The van der Waals surface area contributed by atoms with Gasteiger partial charge in [-0.1, -0.05) is 254 Å². The van der Waals surface area contributed by atoms with Crippen molar-refractivity contribution < 1.29 is 0 Å². The van der Waals surface area contributed by atoms with E-state index < -0.39 is 0 Å². The summed E-state index contributed by atoms with van der Waals surface area (Å²) in [5.41, 5.74) is 18.4. The van der Waals surface area contributed by atoms with Gasteiger partial charge in [0.25, 0.3) is 0 Å². The van der Waals surface area contributed by atoms with Crippen molar-refractivity contribution in [3.63, 3.8) is 0 Å². The van der Waals surface area contributed by atoms with E-state index in [1.54, 1.807) is 24.8 Å². The van der Waals surface area contributed by atoms with E-state index in [0.29, 0.717) is 0 Å². The highest BCUT2D eigenvalue weighted by atomic mass is 14.7. The van der Waals surface area contributed by atoms with Crippen LogP contribution in [-0.4, -0.2) is 59.8 Å². The summed E-state index contributed by atoms with van der Waals surface area (Å²) in [5, 5.41) is 34.8. The van der Waals surface area contributed by atoms with Crippen LogP contribution in [0.5, 0.6) is 0 Å². The smallest absolute Gasteiger partial charge is 0.0406 e. The normalized spacial score (nSPS) is 11.1. The highest BCUT2D eigenvalue weighted by molar-refractivity contribution is 6.39. The molecule has 12 heterocycles. The molecule has 0 radical (unpaired) electrons. The minimum Gasteiger partial charge on any atom is -0.265 e. The average molecular weight is 1760 g/mol. The van der Waals surface area contributed by atoms with Crippen LogP contribution in [0.15, 0.2) is 476 Å². The van der Waals surface area contributed by atoms with Gasteiger partial charge in [0.1, 0.15) is 0 Å². The lowest BCUT2D eigenvalue weighted by atomic mass is 9.86. The minimum absolute atomic E-state index is 0.944. The van der Waals surface area contributed by atoms with Crippen LogP contribution in [0.25, 0.3) is 218 Å². The van der Waals surface area contributed by atoms with Crippen LogP contribution in [0.3, 0.4) is 0 Å². The summed E-state index contributed by atoms with van der Waals surface area (Å²) in [7, 11) is 0. The van der Waals surface area contributed by atoms with E-state index in [9.17, 15) is 0 Å². The topological polar surface area (TPSA) is 155 Å². The van der Waals surface area contributed by atoms with Gasteiger partial charge in [-0.2, -0.15) is 0 Å². The van der Waals surface area contributed by atoms with E-state index in [-0.39, 0.29) is 0 Å². The molecule has 0 unspecified atom stereocenters. The zero-order chi connectivity index (χ0) is 91.9. The summed E-state index contributed by atoms with van der Waals surface area (Å²) in [4.78, 5) is 50.1. The maximum absolute atomic E-state index is 4.40. The Labute approximate surface area is 794 Å². The van der Waals surface area contributed by atoms with E-state index in [1.807, 2.05) is 197 Å². The lowest BCUT2D eigenvalue weighted by Crippen LogP contribution is -1.90. The van der Waals surface area contributed by atoms with Crippen LogP contribution in [0, 0.1) is 23.7 Å². The Bertz CT molecular complexity index is 8610. The maximum atomic E-state index is 4.40. The van der Waals surface area contributed by atoms with Gasteiger partial charge in [0.15, 0.2) is 0 Å². The Balaban J connectivity index is 0.0000000938. The second kappa shape index (κ2) is 37.6. The number of hydrogen-bond acceptors (Lipinski definition) is 12. The SMILES string of the molecule is C(#Cc1c2ccccc2c(C#Cc2ccncc2)c2ccccc12)c1ccncc1.c1cc(-c2ccc(-c3ccncc3)cc2)ccn1.c1cc2c3ccc4cncc5ccc(c6ccc7cncc1c7c26)c3c45.c1cc2cncc3ccc4cncc1c4c23.c1ccc2c(-c3ccncc3)c3ccccc3c(-c3ccncc3)c2c1.c1ccc2c(-c3ccncc3)ccc(-c3ccncc3)c2c1. The van der Waals surface area contributed by atoms with Gasteiger partial charge in [-0.15, -0.1) is 0 Å². The molecule has 12 heteroatoms. The number of fused-ring (bicyclic) bond motifs is 7. The Morgan fingerprint density at radius 3 is 0.594 bits per heavy atom. The molecule has 0 amide bonds. The Morgan fingerprint density at radius 2 is 0.333 bits per heavy atom. The summed E-state index contributed by atoms with van der Waals surface area (Å²) in [6.45, 7) is 0. The van der Waals surface area contributed by atoms with Crippen LogP contribution < -0.4 is 0 Å². The molecule has 12 nitrogen and oxygen atoms in total. The minimum atomic E-state index is 0.944. The van der Waals surface area contributed by atoms with Crippen LogP contribution in [0.2, 0.25) is 0 Å². The highest BCUT2D eigenvalue weighted by Gasteiger charge is 2.21. The molecule has 0 bridgehead atoms. The summed E-state index contributed by atoms with van der Waals surface area (Å²) in [5.74, 6) is 13.4. The molecule has 28 aromatic rings. The van der Waals surface area contributed by atoms with Gasteiger partial charge in [-0.25, -0.2) is 0 Å². The second-order valence-electron chi connectivity index (χ2n) is 33.5. The number of hydrogen-bond donors (Lipinski definition) is 0. The number of nitrogens with zero attached hydrogens (tertiary/aromatic N) is 12. The van der Waals surface area contributed by atoms with Crippen molar-refractivity contribution in [1.82, 2.24) is 59.8 Å². The molecule has 0 fully saturated rings. The van der Waals surface area contributed by atoms with Crippen molar-refractivity contribution in [2.24, 2.45) is 0 Å². The predicted octanol–water partition coefficient (Wildman–Crippen LogP) is 30.1. The third kappa shape index (κ3) is 16.2. The number of rotatable bonds is 6. The molecule has 12 aromatic heterocycles. The fourth-order valence-corrected chi connectivity index (χ4v) is 19.4. The number of pyridine rings is 12. The fourth-order valence-electron chi connectivity index (χ4n) is 19.4. The molecule has 642 valence electrons. The van der Waals surface area contributed by atoms with Crippen molar-refractivity contribution in [3.8, 4) is 90.4 Å². The molecule has 0 aliphatic carbocycles. The Kier molecular flexibility index (Phi) is 22.7. The molecule has 0 N–H and O–H groups in total. The number of aromatic nitrogens is 12. The van der Waals surface area contributed by atoms with Crippen molar-refractivity contribution >= 4 is 151 Å². The van der Waals surface area contributed by atoms with Crippen LogP contribution in [-0.2, 0) is 0 Å².